The first-order valence-corrected chi connectivity index (χ1v) is 7.98. The quantitative estimate of drug-likeness (QED) is 0.605. The molecular formula is C15H14BrNO4S. The Labute approximate surface area is 140 Å². The van der Waals surface area contributed by atoms with Crippen LogP contribution in [-0.2, 0) is 9.53 Å². The number of aryl methyl sites for hydroxylation is 1. The van der Waals surface area contributed by atoms with Gasteiger partial charge in [0.2, 0.25) is 0 Å². The second-order valence-electron chi connectivity index (χ2n) is 4.43. The number of thiazole rings is 1. The van der Waals surface area contributed by atoms with E-state index in [0.29, 0.717) is 5.75 Å². The number of benzene rings is 1. The Bertz CT molecular complexity index is 711. The van der Waals surface area contributed by atoms with Gasteiger partial charge in [0.1, 0.15) is 27.5 Å². The second kappa shape index (κ2) is 7.42. The number of ether oxygens (including phenoxy) is 2. The van der Waals surface area contributed by atoms with Crippen molar-refractivity contribution >= 4 is 33.2 Å². The maximum Gasteiger partial charge on any atom is 0.338 e. The van der Waals surface area contributed by atoms with Crippen LogP contribution in [0.3, 0.4) is 0 Å². The van der Waals surface area contributed by atoms with E-state index in [9.17, 15) is 4.79 Å². The number of carboxylic acid groups (broad SMARTS) is 1. The fourth-order valence-corrected chi connectivity index (χ4v) is 2.97. The summed E-state index contributed by atoms with van der Waals surface area (Å²) in [6.45, 7) is 1.83. The summed E-state index contributed by atoms with van der Waals surface area (Å²) in [5.74, 6) is -0.452. The van der Waals surface area contributed by atoms with E-state index < -0.39 is 5.97 Å². The molecule has 0 fully saturated rings. The minimum absolute atomic E-state index is 0.0456. The summed E-state index contributed by atoms with van der Waals surface area (Å²) in [5, 5.41) is 11.8. The zero-order valence-electron chi connectivity index (χ0n) is 12.0. The van der Waals surface area contributed by atoms with Gasteiger partial charge >= 0.3 is 5.97 Å². The Kier molecular flexibility index (Phi) is 5.57. The molecule has 1 heterocycles. The van der Waals surface area contributed by atoms with Crippen LogP contribution < -0.4 is 4.74 Å². The number of aliphatic carboxylic acids is 1. The summed E-state index contributed by atoms with van der Waals surface area (Å²) >= 11 is 4.84. The number of methoxy groups -OCH3 is 1. The van der Waals surface area contributed by atoms with Gasteiger partial charge in [0.15, 0.2) is 0 Å². The molecule has 0 unspecified atom stereocenters. The first-order chi connectivity index (χ1) is 10.5. The predicted molar refractivity (Wildman–Crippen MR) is 88.2 cm³/mol. The average molecular weight is 384 g/mol. The molecule has 2 rings (SSSR count). The van der Waals surface area contributed by atoms with Crippen molar-refractivity contribution in [1.29, 1.82) is 0 Å². The van der Waals surface area contributed by atoms with E-state index in [0.717, 1.165) is 20.7 Å². The van der Waals surface area contributed by atoms with Gasteiger partial charge in [-0.3, -0.25) is 0 Å². The SMILES string of the molecule is CO/C=C(/COc1cc(-c2nc(Br)cs2)ccc1C)C(=O)O. The molecule has 22 heavy (non-hydrogen) atoms. The van der Waals surface area contributed by atoms with Crippen LogP contribution in [0.5, 0.6) is 5.75 Å². The standard InChI is InChI=1S/C15H14BrNO4S/c1-9-3-4-10(14-17-13(16)8-22-14)5-12(9)21-7-11(6-20-2)15(18)19/h3-6,8H,7H2,1-2H3,(H,18,19)/b11-6-. The molecule has 5 nitrogen and oxygen atoms in total. The van der Waals surface area contributed by atoms with Gasteiger partial charge in [-0.15, -0.1) is 11.3 Å². The van der Waals surface area contributed by atoms with Crippen molar-refractivity contribution in [1.82, 2.24) is 4.98 Å². The van der Waals surface area contributed by atoms with Crippen LogP contribution in [0.2, 0.25) is 0 Å². The van der Waals surface area contributed by atoms with Crippen LogP contribution in [0.15, 0.2) is 40.0 Å². The molecule has 0 bridgehead atoms. The molecule has 7 heteroatoms. The van der Waals surface area contributed by atoms with Crippen molar-refractivity contribution in [3.05, 3.63) is 45.6 Å². The lowest BCUT2D eigenvalue weighted by atomic mass is 10.1. The molecule has 1 N–H and O–H groups in total. The Morgan fingerprint density at radius 1 is 1.50 bits per heavy atom. The first kappa shape index (κ1) is 16.5. The molecule has 1 aromatic heterocycles. The number of rotatable bonds is 6. The van der Waals surface area contributed by atoms with E-state index in [4.69, 9.17) is 14.6 Å². The summed E-state index contributed by atoms with van der Waals surface area (Å²) in [6.07, 6.45) is 1.17. The molecule has 0 saturated heterocycles. The number of halogens is 1. The summed E-state index contributed by atoms with van der Waals surface area (Å²) in [5.41, 5.74) is 1.88. The second-order valence-corrected chi connectivity index (χ2v) is 6.10. The number of aromatic nitrogens is 1. The van der Waals surface area contributed by atoms with Crippen molar-refractivity contribution < 1.29 is 19.4 Å². The predicted octanol–water partition coefficient (Wildman–Crippen LogP) is 3.87. The van der Waals surface area contributed by atoms with Crippen molar-refractivity contribution in [2.75, 3.05) is 13.7 Å². The molecule has 1 aromatic carbocycles. The van der Waals surface area contributed by atoms with Crippen LogP contribution in [0.25, 0.3) is 10.6 Å². The molecular weight excluding hydrogens is 370 g/mol. The fraction of sp³-hybridized carbons (Fsp3) is 0.200. The van der Waals surface area contributed by atoms with Crippen LogP contribution in [0.4, 0.5) is 0 Å². The maximum absolute atomic E-state index is 11.0. The van der Waals surface area contributed by atoms with Crippen LogP contribution >= 0.6 is 27.3 Å². The Hall–Kier alpha value is -1.86. The van der Waals surface area contributed by atoms with Crippen LogP contribution in [0, 0.1) is 6.92 Å². The summed E-state index contributed by atoms with van der Waals surface area (Å²) < 4.78 is 11.1. The van der Waals surface area contributed by atoms with Crippen LogP contribution in [-0.4, -0.2) is 29.8 Å². The van der Waals surface area contributed by atoms with Crippen molar-refractivity contribution in [2.24, 2.45) is 0 Å². The number of nitrogens with zero attached hydrogens (tertiary/aromatic N) is 1. The molecule has 0 aliphatic rings. The van der Waals surface area contributed by atoms with Crippen molar-refractivity contribution in [3.8, 4) is 16.3 Å². The highest BCUT2D eigenvalue weighted by Gasteiger charge is 2.11. The molecule has 0 radical (unpaired) electrons. The molecule has 0 aliphatic heterocycles. The average Bonchev–Trinajstić information content (AvgIpc) is 2.91. The van der Waals surface area contributed by atoms with Crippen LogP contribution in [0.1, 0.15) is 5.56 Å². The molecule has 116 valence electrons. The summed E-state index contributed by atoms with van der Waals surface area (Å²) in [4.78, 5) is 15.4. The lowest BCUT2D eigenvalue weighted by molar-refractivity contribution is -0.133. The number of carbonyl (C=O) groups is 1. The van der Waals surface area contributed by atoms with E-state index in [2.05, 4.69) is 20.9 Å². The smallest absolute Gasteiger partial charge is 0.338 e. The van der Waals surface area contributed by atoms with Gasteiger partial charge in [-0.2, -0.15) is 0 Å². The normalized spacial score (nSPS) is 11.3. The van der Waals surface area contributed by atoms with Gasteiger partial charge in [-0.25, -0.2) is 9.78 Å². The van der Waals surface area contributed by atoms with Crippen molar-refractivity contribution in [2.45, 2.75) is 6.92 Å². The third-order valence-corrected chi connectivity index (χ3v) is 4.43. The highest BCUT2D eigenvalue weighted by molar-refractivity contribution is 9.10. The number of hydrogen-bond acceptors (Lipinski definition) is 5. The summed E-state index contributed by atoms with van der Waals surface area (Å²) in [6, 6.07) is 5.73. The van der Waals surface area contributed by atoms with E-state index in [1.54, 1.807) is 0 Å². The summed E-state index contributed by atoms with van der Waals surface area (Å²) in [7, 11) is 1.40. The largest absolute Gasteiger partial charge is 0.504 e. The van der Waals surface area contributed by atoms with E-state index >= 15 is 0 Å². The van der Waals surface area contributed by atoms with Gasteiger partial charge in [0, 0.05) is 10.9 Å². The Morgan fingerprint density at radius 2 is 2.27 bits per heavy atom. The van der Waals surface area contributed by atoms with Gasteiger partial charge in [0.05, 0.1) is 13.4 Å². The maximum atomic E-state index is 11.0. The minimum Gasteiger partial charge on any atom is -0.504 e. The Balaban J connectivity index is 2.20. The van der Waals surface area contributed by atoms with E-state index in [1.165, 1.54) is 24.7 Å². The highest BCUT2D eigenvalue weighted by Crippen LogP contribution is 2.30. The topological polar surface area (TPSA) is 68.7 Å². The zero-order valence-corrected chi connectivity index (χ0v) is 14.4. The van der Waals surface area contributed by atoms with Crippen molar-refractivity contribution in [3.63, 3.8) is 0 Å². The third-order valence-electron chi connectivity index (χ3n) is 2.83. The van der Waals surface area contributed by atoms with Gasteiger partial charge in [-0.05, 0) is 34.5 Å². The molecule has 0 spiro atoms. The van der Waals surface area contributed by atoms with Gasteiger partial charge < -0.3 is 14.6 Å². The first-order valence-electron chi connectivity index (χ1n) is 6.31. The zero-order chi connectivity index (χ0) is 16.1. The lowest BCUT2D eigenvalue weighted by Gasteiger charge is -2.10. The minimum atomic E-state index is -1.07. The lowest BCUT2D eigenvalue weighted by Crippen LogP contribution is -2.11. The van der Waals surface area contributed by atoms with Gasteiger partial charge in [0.25, 0.3) is 0 Å². The molecule has 0 aliphatic carbocycles. The highest BCUT2D eigenvalue weighted by atomic mass is 79.9. The third kappa shape index (κ3) is 4.08. The van der Waals surface area contributed by atoms with E-state index in [-0.39, 0.29) is 12.2 Å². The van der Waals surface area contributed by atoms with E-state index in [1.807, 2.05) is 30.5 Å². The molecule has 2 aromatic rings. The number of hydrogen-bond donors (Lipinski definition) is 1. The fourth-order valence-electron chi connectivity index (χ4n) is 1.72. The molecule has 0 atom stereocenters. The molecule has 0 saturated carbocycles. The molecule has 0 amide bonds. The monoisotopic (exact) mass is 383 g/mol. The van der Waals surface area contributed by atoms with Gasteiger partial charge in [-0.1, -0.05) is 12.1 Å². The Morgan fingerprint density at radius 3 is 2.86 bits per heavy atom. The number of carboxylic acids is 1.